The van der Waals surface area contributed by atoms with Crippen LogP contribution in [0.15, 0.2) is 12.1 Å². The molecule has 122 valence electrons. The predicted octanol–water partition coefficient (Wildman–Crippen LogP) is 0.674. The molecule has 0 radical (unpaired) electrons. The van der Waals surface area contributed by atoms with Crippen molar-refractivity contribution in [3.63, 3.8) is 0 Å². The van der Waals surface area contributed by atoms with E-state index in [0.29, 0.717) is 23.8 Å². The molecule has 0 unspecified atom stereocenters. The normalized spacial score (nSPS) is 12.2. The summed E-state index contributed by atoms with van der Waals surface area (Å²) < 4.78 is 26.2. The zero-order valence-electron chi connectivity index (χ0n) is 13.1. The van der Waals surface area contributed by atoms with Gasteiger partial charge in [0.15, 0.2) is 11.5 Å². The highest BCUT2D eigenvalue weighted by Crippen LogP contribution is 2.08. The van der Waals surface area contributed by atoms with Gasteiger partial charge in [0.25, 0.3) is 0 Å². The van der Waals surface area contributed by atoms with Gasteiger partial charge in [-0.1, -0.05) is 13.8 Å². The van der Waals surface area contributed by atoms with E-state index in [4.69, 9.17) is 0 Å². The van der Waals surface area contributed by atoms with Gasteiger partial charge < -0.3 is 5.32 Å². The molecule has 2 aromatic rings. The Balaban J connectivity index is 2.05. The first kappa shape index (κ1) is 16.6. The number of nitrogens with zero attached hydrogens (tertiary/aromatic N) is 4. The van der Waals surface area contributed by atoms with Crippen LogP contribution in [0.25, 0.3) is 5.65 Å². The summed E-state index contributed by atoms with van der Waals surface area (Å²) in [6.45, 7) is 5.46. The summed E-state index contributed by atoms with van der Waals surface area (Å²) in [6.07, 6.45) is 2.62. The van der Waals surface area contributed by atoms with Crippen LogP contribution in [0.5, 0.6) is 0 Å². The molecule has 0 amide bonds. The van der Waals surface area contributed by atoms with Crippen molar-refractivity contribution in [1.29, 1.82) is 0 Å². The third kappa shape index (κ3) is 4.92. The molecule has 2 aromatic heterocycles. The first-order chi connectivity index (χ1) is 10.3. The van der Waals surface area contributed by atoms with Gasteiger partial charge in [0.2, 0.25) is 10.0 Å². The van der Waals surface area contributed by atoms with Gasteiger partial charge in [-0.3, -0.25) is 0 Å². The third-order valence-electron chi connectivity index (χ3n) is 3.07. The molecule has 0 fully saturated rings. The number of fused-ring (bicyclic) bond motifs is 1. The van der Waals surface area contributed by atoms with Gasteiger partial charge in [0.1, 0.15) is 5.82 Å². The van der Waals surface area contributed by atoms with E-state index >= 15 is 0 Å². The number of hydrogen-bond donors (Lipinski definition) is 2. The van der Waals surface area contributed by atoms with Gasteiger partial charge in [-0.25, -0.2) is 13.1 Å². The van der Waals surface area contributed by atoms with E-state index in [1.807, 2.05) is 12.1 Å². The van der Waals surface area contributed by atoms with Crippen LogP contribution < -0.4 is 10.0 Å². The van der Waals surface area contributed by atoms with Crippen LogP contribution >= 0.6 is 0 Å². The second-order valence-electron chi connectivity index (χ2n) is 5.63. The lowest BCUT2D eigenvalue weighted by Crippen LogP contribution is -2.25. The molecule has 0 bridgehead atoms. The highest BCUT2D eigenvalue weighted by Gasteiger charge is 2.09. The summed E-state index contributed by atoms with van der Waals surface area (Å²) in [4.78, 5) is 0. The maximum Gasteiger partial charge on any atom is 0.208 e. The van der Waals surface area contributed by atoms with Crippen molar-refractivity contribution in [2.75, 3.05) is 24.7 Å². The van der Waals surface area contributed by atoms with E-state index in [1.165, 1.54) is 0 Å². The van der Waals surface area contributed by atoms with Crippen molar-refractivity contribution < 1.29 is 8.42 Å². The number of aromatic nitrogens is 4. The lowest BCUT2D eigenvalue weighted by Gasteiger charge is -2.08. The quantitative estimate of drug-likeness (QED) is 0.739. The van der Waals surface area contributed by atoms with Crippen LogP contribution in [0.2, 0.25) is 0 Å². The van der Waals surface area contributed by atoms with Crippen molar-refractivity contribution in [3.8, 4) is 0 Å². The zero-order valence-corrected chi connectivity index (χ0v) is 13.9. The minimum absolute atomic E-state index is 0.270. The third-order valence-corrected chi connectivity index (χ3v) is 3.80. The number of rotatable bonds is 8. The smallest absolute Gasteiger partial charge is 0.208 e. The second-order valence-corrected chi connectivity index (χ2v) is 7.46. The molecular formula is C13H22N6O2S. The summed E-state index contributed by atoms with van der Waals surface area (Å²) in [5, 5.41) is 15.8. The SMILES string of the molecule is CC(C)CCNc1ccc2nnc(CCNS(C)(=O)=O)n2n1. The van der Waals surface area contributed by atoms with Crippen molar-refractivity contribution in [1.82, 2.24) is 24.5 Å². The zero-order chi connectivity index (χ0) is 16.2. The largest absolute Gasteiger partial charge is 0.369 e. The molecule has 2 rings (SSSR count). The average molecular weight is 326 g/mol. The summed E-state index contributed by atoms with van der Waals surface area (Å²) in [5.41, 5.74) is 0.642. The molecule has 0 aliphatic heterocycles. The molecular weight excluding hydrogens is 304 g/mol. The van der Waals surface area contributed by atoms with Crippen molar-refractivity contribution >= 4 is 21.5 Å². The first-order valence-electron chi connectivity index (χ1n) is 7.25. The van der Waals surface area contributed by atoms with Crippen molar-refractivity contribution in [2.24, 2.45) is 5.92 Å². The average Bonchev–Trinajstić information content (AvgIpc) is 2.80. The molecule has 0 aliphatic rings. The molecule has 2 heterocycles. The van der Waals surface area contributed by atoms with Crippen LogP contribution in [0.3, 0.4) is 0 Å². The fourth-order valence-electron chi connectivity index (χ4n) is 1.92. The van der Waals surface area contributed by atoms with E-state index in [2.05, 4.69) is 39.2 Å². The molecule has 0 aliphatic carbocycles. The second kappa shape index (κ2) is 7.01. The summed E-state index contributed by atoms with van der Waals surface area (Å²) in [7, 11) is -3.20. The topological polar surface area (TPSA) is 101 Å². The van der Waals surface area contributed by atoms with Crippen molar-refractivity contribution in [3.05, 3.63) is 18.0 Å². The minimum atomic E-state index is -3.20. The Kier molecular flexibility index (Phi) is 5.30. The van der Waals surface area contributed by atoms with Gasteiger partial charge in [-0.15, -0.1) is 15.3 Å². The molecule has 9 heteroatoms. The van der Waals surface area contributed by atoms with Gasteiger partial charge >= 0.3 is 0 Å². The monoisotopic (exact) mass is 326 g/mol. The van der Waals surface area contributed by atoms with E-state index < -0.39 is 10.0 Å². The Morgan fingerprint density at radius 2 is 2.00 bits per heavy atom. The van der Waals surface area contributed by atoms with Crippen LogP contribution in [0.1, 0.15) is 26.1 Å². The molecule has 0 saturated heterocycles. The Bertz CT molecular complexity index is 725. The number of anilines is 1. The minimum Gasteiger partial charge on any atom is -0.369 e. The predicted molar refractivity (Wildman–Crippen MR) is 85.3 cm³/mol. The number of nitrogens with one attached hydrogen (secondary N) is 2. The van der Waals surface area contributed by atoms with Crippen LogP contribution in [-0.2, 0) is 16.4 Å². The summed E-state index contributed by atoms with van der Waals surface area (Å²) >= 11 is 0. The molecule has 22 heavy (non-hydrogen) atoms. The van der Waals surface area contributed by atoms with Crippen molar-refractivity contribution in [2.45, 2.75) is 26.7 Å². The molecule has 0 aromatic carbocycles. The highest BCUT2D eigenvalue weighted by atomic mass is 32.2. The summed E-state index contributed by atoms with van der Waals surface area (Å²) in [6, 6.07) is 3.70. The Labute approximate surface area is 130 Å². The molecule has 0 saturated carbocycles. The highest BCUT2D eigenvalue weighted by molar-refractivity contribution is 7.88. The maximum atomic E-state index is 11.1. The summed E-state index contributed by atoms with van der Waals surface area (Å²) in [5.74, 6) is 2.01. The van der Waals surface area contributed by atoms with E-state index in [1.54, 1.807) is 4.52 Å². The molecule has 8 nitrogen and oxygen atoms in total. The van der Waals surface area contributed by atoms with Crippen LogP contribution in [0.4, 0.5) is 5.82 Å². The number of sulfonamides is 1. The number of hydrogen-bond acceptors (Lipinski definition) is 6. The Hall–Kier alpha value is -1.74. The molecule has 0 spiro atoms. The van der Waals surface area contributed by atoms with E-state index in [-0.39, 0.29) is 6.54 Å². The maximum absolute atomic E-state index is 11.1. The fourth-order valence-corrected chi connectivity index (χ4v) is 2.39. The Morgan fingerprint density at radius 1 is 1.23 bits per heavy atom. The fraction of sp³-hybridized carbons (Fsp3) is 0.615. The standard InChI is InChI=1S/C13H22N6O2S/c1-10(2)6-8-14-11-4-5-12-16-17-13(19(12)18-11)7-9-15-22(3,20)21/h4-5,10,15H,6-9H2,1-3H3,(H,14,18). The Morgan fingerprint density at radius 3 is 2.68 bits per heavy atom. The van der Waals surface area contributed by atoms with Gasteiger partial charge in [0.05, 0.1) is 6.26 Å². The van der Waals surface area contributed by atoms with Gasteiger partial charge in [-0.05, 0) is 24.5 Å². The molecule has 2 N–H and O–H groups in total. The lowest BCUT2D eigenvalue weighted by atomic mass is 10.1. The van der Waals surface area contributed by atoms with Crippen LogP contribution in [-0.4, -0.2) is 47.6 Å². The lowest BCUT2D eigenvalue weighted by molar-refractivity contribution is 0.586. The van der Waals surface area contributed by atoms with Gasteiger partial charge in [0, 0.05) is 19.5 Å². The van der Waals surface area contributed by atoms with E-state index in [9.17, 15) is 8.42 Å². The van der Waals surface area contributed by atoms with Crippen LogP contribution in [0, 0.1) is 5.92 Å². The first-order valence-corrected chi connectivity index (χ1v) is 9.14. The van der Waals surface area contributed by atoms with Gasteiger partial charge in [-0.2, -0.15) is 4.52 Å². The van der Waals surface area contributed by atoms with E-state index in [0.717, 1.165) is 25.0 Å². The molecule has 0 atom stereocenters.